The van der Waals surface area contributed by atoms with Crippen molar-refractivity contribution in [3.05, 3.63) is 24.3 Å². The number of piperazine rings is 1. The van der Waals surface area contributed by atoms with Crippen LogP contribution in [0.2, 0.25) is 0 Å². The number of methoxy groups -OCH3 is 1. The zero-order valence-electron chi connectivity index (χ0n) is 18.5. The molecule has 0 N–H and O–H groups in total. The monoisotopic (exact) mass is 449 g/mol. The van der Waals surface area contributed by atoms with Gasteiger partial charge in [-0.25, -0.2) is 8.42 Å². The minimum atomic E-state index is -3.01. The van der Waals surface area contributed by atoms with E-state index in [0.29, 0.717) is 13.0 Å². The Labute approximate surface area is 186 Å². The first-order valence-electron chi connectivity index (χ1n) is 11.6. The van der Waals surface area contributed by atoms with Gasteiger partial charge >= 0.3 is 0 Å². The number of nitrogens with zero attached hydrogens (tertiary/aromatic N) is 3. The molecule has 172 valence electrons. The summed E-state index contributed by atoms with van der Waals surface area (Å²) in [6.07, 6.45) is 6.09. The van der Waals surface area contributed by atoms with Gasteiger partial charge in [0.15, 0.2) is 9.84 Å². The summed E-state index contributed by atoms with van der Waals surface area (Å²) in [6.45, 7) is 3.81. The molecule has 8 heteroatoms. The molecular formula is C23H35N3O4S. The third kappa shape index (κ3) is 5.52. The number of carbonyl (C=O) groups is 1. The first kappa shape index (κ1) is 22.4. The molecule has 1 aromatic rings. The molecule has 31 heavy (non-hydrogen) atoms. The summed E-state index contributed by atoms with van der Waals surface area (Å²) in [5, 5.41) is 0. The first-order chi connectivity index (χ1) is 14.9. The molecule has 0 aromatic heterocycles. The second kappa shape index (κ2) is 9.77. The average Bonchev–Trinajstić information content (AvgIpc) is 3.14. The molecule has 1 saturated carbocycles. The highest BCUT2D eigenvalue weighted by Gasteiger charge is 2.39. The molecule has 1 amide bonds. The quantitative estimate of drug-likeness (QED) is 0.663. The minimum absolute atomic E-state index is 0.117. The lowest BCUT2D eigenvalue weighted by Crippen LogP contribution is -2.54. The predicted octanol–water partition coefficient (Wildman–Crippen LogP) is 2.17. The number of sulfone groups is 1. The van der Waals surface area contributed by atoms with Gasteiger partial charge in [-0.2, -0.15) is 0 Å². The van der Waals surface area contributed by atoms with Gasteiger partial charge in [0.25, 0.3) is 0 Å². The molecule has 2 aliphatic heterocycles. The van der Waals surface area contributed by atoms with Gasteiger partial charge in [-0.3, -0.25) is 9.69 Å². The normalized spacial score (nSPS) is 24.8. The molecule has 0 spiro atoms. The molecule has 2 heterocycles. The molecule has 0 bridgehead atoms. The fourth-order valence-electron chi connectivity index (χ4n) is 5.29. The zero-order chi connectivity index (χ0) is 21.8. The molecule has 1 unspecified atom stereocenters. The summed E-state index contributed by atoms with van der Waals surface area (Å²) < 4.78 is 29.4. The maximum Gasteiger partial charge on any atom is 0.237 e. The molecule has 7 nitrogen and oxygen atoms in total. The molecule has 4 rings (SSSR count). The van der Waals surface area contributed by atoms with Gasteiger partial charge in [0.2, 0.25) is 5.91 Å². The Morgan fingerprint density at radius 2 is 1.68 bits per heavy atom. The Kier molecular flexibility index (Phi) is 7.06. The van der Waals surface area contributed by atoms with Crippen LogP contribution in [0.5, 0.6) is 5.75 Å². The van der Waals surface area contributed by atoms with Crippen molar-refractivity contribution in [3.8, 4) is 5.75 Å². The van der Waals surface area contributed by atoms with Crippen LogP contribution >= 0.6 is 0 Å². The lowest BCUT2D eigenvalue weighted by molar-refractivity contribution is -0.137. The van der Waals surface area contributed by atoms with Gasteiger partial charge in [-0.15, -0.1) is 0 Å². The van der Waals surface area contributed by atoms with Crippen molar-refractivity contribution in [2.75, 3.05) is 56.2 Å². The van der Waals surface area contributed by atoms with Crippen molar-refractivity contribution in [3.63, 3.8) is 0 Å². The standard InChI is InChI=1S/C23H35N3O4S/c1-30-22-9-7-19(8-10-22)25-14-12-24(13-15-25)17-23(27)26(20-5-3-2-4-6-20)21-11-16-31(28,29)18-21/h7-10,20-21H,2-6,11-18H2,1H3. The highest BCUT2D eigenvalue weighted by Crippen LogP contribution is 2.29. The van der Waals surface area contributed by atoms with Crippen molar-refractivity contribution >= 4 is 21.4 Å². The van der Waals surface area contributed by atoms with Crippen LogP contribution in [0.1, 0.15) is 38.5 Å². The second-order valence-corrected chi connectivity index (χ2v) is 11.3. The summed E-state index contributed by atoms with van der Waals surface area (Å²) in [6, 6.07) is 8.17. The van der Waals surface area contributed by atoms with E-state index in [4.69, 9.17) is 4.74 Å². The number of rotatable bonds is 6. The average molecular weight is 450 g/mol. The van der Waals surface area contributed by atoms with E-state index in [0.717, 1.165) is 57.6 Å². The molecule has 3 aliphatic rings. The predicted molar refractivity (Wildman–Crippen MR) is 122 cm³/mol. The molecule has 1 atom stereocenters. The topological polar surface area (TPSA) is 70.2 Å². The Balaban J connectivity index is 1.36. The van der Waals surface area contributed by atoms with E-state index < -0.39 is 9.84 Å². The van der Waals surface area contributed by atoms with Crippen molar-refractivity contribution in [2.45, 2.75) is 50.6 Å². The van der Waals surface area contributed by atoms with Gasteiger partial charge in [0.1, 0.15) is 5.75 Å². The van der Waals surface area contributed by atoms with Crippen molar-refractivity contribution in [1.82, 2.24) is 9.80 Å². The van der Waals surface area contributed by atoms with Crippen LogP contribution in [0, 0.1) is 0 Å². The molecule has 2 saturated heterocycles. The van der Waals surface area contributed by atoms with Crippen molar-refractivity contribution < 1.29 is 17.9 Å². The molecule has 1 aromatic carbocycles. The summed E-state index contributed by atoms with van der Waals surface area (Å²) in [5.74, 6) is 1.33. The highest BCUT2D eigenvalue weighted by molar-refractivity contribution is 7.91. The van der Waals surface area contributed by atoms with Crippen LogP contribution in [-0.4, -0.2) is 87.5 Å². The van der Waals surface area contributed by atoms with Gasteiger partial charge < -0.3 is 14.5 Å². The zero-order valence-corrected chi connectivity index (χ0v) is 19.4. The first-order valence-corrected chi connectivity index (χ1v) is 13.4. The molecule has 3 fully saturated rings. The van der Waals surface area contributed by atoms with Crippen molar-refractivity contribution in [2.24, 2.45) is 0 Å². The van der Waals surface area contributed by atoms with E-state index in [2.05, 4.69) is 21.9 Å². The number of amides is 1. The Bertz CT molecular complexity index is 844. The van der Waals surface area contributed by atoms with Crippen LogP contribution in [0.25, 0.3) is 0 Å². The highest BCUT2D eigenvalue weighted by atomic mass is 32.2. The minimum Gasteiger partial charge on any atom is -0.497 e. The number of anilines is 1. The fraction of sp³-hybridized carbons (Fsp3) is 0.696. The number of hydrogen-bond donors (Lipinski definition) is 0. The smallest absolute Gasteiger partial charge is 0.237 e. The Hall–Kier alpha value is -1.80. The maximum atomic E-state index is 13.4. The SMILES string of the molecule is COc1ccc(N2CCN(CC(=O)N(C3CCCCC3)C3CCS(=O)(=O)C3)CC2)cc1. The van der Waals surface area contributed by atoms with Crippen LogP contribution in [0.3, 0.4) is 0 Å². The summed E-state index contributed by atoms with van der Waals surface area (Å²) in [5.41, 5.74) is 1.17. The third-order valence-corrected chi connectivity index (χ3v) is 8.78. The number of hydrogen-bond acceptors (Lipinski definition) is 6. The van der Waals surface area contributed by atoms with E-state index in [9.17, 15) is 13.2 Å². The van der Waals surface area contributed by atoms with E-state index in [1.54, 1.807) is 7.11 Å². The third-order valence-electron chi connectivity index (χ3n) is 7.03. The molecule has 0 radical (unpaired) electrons. The summed E-state index contributed by atoms with van der Waals surface area (Å²) in [4.78, 5) is 19.9. The summed E-state index contributed by atoms with van der Waals surface area (Å²) in [7, 11) is -1.34. The lowest BCUT2D eigenvalue weighted by atomic mass is 9.92. The van der Waals surface area contributed by atoms with Gasteiger partial charge in [0, 0.05) is 44.0 Å². The largest absolute Gasteiger partial charge is 0.497 e. The van der Waals surface area contributed by atoms with Crippen LogP contribution in [0.4, 0.5) is 5.69 Å². The van der Waals surface area contributed by atoms with E-state index in [1.165, 1.54) is 12.1 Å². The van der Waals surface area contributed by atoms with Gasteiger partial charge in [0.05, 0.1) is 25.2 Å². The van der Waals surface area contributed by atoms with E-state index in [-0.39, 0.29) is 29.5 Å². The van der Waals surface area contributed by atoms with E-state index in [1.807, 2.05) is 17.0 Å². The van der Waals surface area contributed by atoms with Crippen LogP contribution in [-0.2, 0) is 14.6 Å². The number of carbonyl (C=O) groups excluding carboxylic acids is 1. The van der Waals surface area contributed by atoms with Crippen molar-refractivity contribution in [1.29, 1.82) is 0 Å². The second-order valence-electron chi connectivity index (χ2n) is 9.11. The van der Waals surface area contributed by atoms with Crippen LogP contribution < -0.4 is 9.64 Å². The number of benzene rings is 1. The van der Waals surface area contributed by atoms with Gasteiger partial charge in [-0.05, 0) is 43.5 Å². The fourth-order valence-corrected chi connectivity index (χ4v) is 7.00. The Morgan fingerprint density at radius 1 is 1.00 bits per heavy atom. The molecular weight excluding hydrogens is 414 g/mol. The Morgan fingerprint density at radius 3 is 2.26 bits per heavy atom. The maximum absolute atomic E-state index is 13.4. The summed E-state index contributed by atoms with van der Waals surface area (Å²) >= 11 is 0. The molecule has 1 aliphatic carbocycles. The number of ether oxygens (including phenoxy) is 1. The van der Waals surface area contributed by atoms with Gasteiger partial charge in [-0.1, -0.05) is 19.3 Å². The lowest BCUT2D eigenvalue weighted by Gasteiger charge is -2.41. The van der Waals surface area contributed by atoms with E-state index >= 15 is 0 Å². The van der Waals surface area contributed by atoms with Crippen LogP contribution in [0.15, 0.2) is 24.3 Å².